The van der Waals surface area contributed by atoms with E-state index in [-0.39, 0.29) is 6.61 Å². The number of anilines is 2. The molecule has 2 rings (SSSR count). The van der Waals surface area contributed by atoms with Crippen LogP contribution in [-0.2, 0) is 6.54 Å². The highest BCUT2D eigenvalue weighted by molar-refractivity contribution is 7.13. The number of rotatable bonds is 7. The summed E-state index contributed by atoms with van der Waals surface area (Å²) in [4.78, 5) is 6.73. The maximum atomic E-state index is 8.97. The smallest absolute Gasteiger partial charge is 0.187 e. The summed E-state index contributed by atoms with van der Waals surface area (Å²) in [5.74, 6) is 0. The summed E-state index contributed by atoms with van der Waals surface area (Å²) in [6.07, 6.45) is 0. The third-order valence-electron chi connectivity index (χ3n) is 2.83. The maximum absolute atomic E-state index is 8.97. The molecule has 0 unspecified atom stereocenters. The SMILES string of the molecule is CCN(CCO)Cc1csc(Nc2ccccc2)n1. The molecule has 1 heterocycles. The average Bonchev–Trinajstić information content (AvgIpc) is 2.86. The summed E-state index contributed by atoms with van der Waals surface area (Å²) in [5, 5.41) is 15.2. The van der Waals surface area contributed by atoms with Crippen LogP contribution in [0.5, 0.6) is 0 Å². The highest BCUT2D eigenvalue weighted by atomic mass is 32.1. The molecule has 0 aliphatic rings. The number of benzene rings is 1. The number of aliphatic hydroxyl groups is 1. The molecule has 0 atom stereocenters. The Hall–Kier alpha value is -1.43. The standard InChI is InChI=1S/C14H19N3OS/c1-2-17(8-9-18)10-13-11-19-14(16-13)15-12-6-4-3-5-7-12/h3-7,11,18H,2,8-10H2,1H3,(H,15,16). The first-order valence-electron chi connectivity index (χ1n) is 6.41. The summed E-state index contributed by atoms with van der Waals surface area (Å²) in [7, 11) is 0. The number of likely N-dealkylation sites (N-methyl/N-ethyl adjacent to an activating group) is 1. The Morgan fingerprint density at radius 3 is 2.79 bits per heavy atom. The lowest BCUT2D eigenvalue weighted by molar-refractivity contribution is 0.195. The largest absolute Gasteiger partial charge is 0.395 e. The molecule has 0 aliphatic carbocycles. The number of aromatic nitrogens is 1. The van der Waals surface area contributed by atoms with Gasteiger partial charge in [0, 0.05) is 24.2 Å². The van der Waals surface area contributed by atoms with E-state index in [0.717, 1.165) is 29.6 Å². The van der Waals surface area contributed by atoms with Crippen molar-refractivity contribution >= 4 is 22.2 Å². The van der Waals surface area contributed by atoms with Crippen LogP contribution in [-0.4, -0.2) is 34.7 Å². The van der Waals surface area contributed by atoms with E-state index in [1.165, 1.54) is 0 Å². The highest BCUT2D eigenvalue weighted by Gasteiger charge is 2.07. The van der Waals surface area contributed by atoms with E-state index in [0.29, 0.717) is 6.54 Å². The molecule has 1 aromatic carbocycles. The molecule has 2 aromatic rings. The normalized spacial score (nSPS) is 10.9. The van der Waals surface area contributed by atoms with Crippen molar-refractivity contribution in [2.45, 2.75) is 13.5 Å². The van der Waals surface area contributed by atoms with Gasteiger partial charge in [-0.3, -0.25) is 4.90 Å². The van der Waals surface area contributed by atoms with Gasteiger partial charge < -0.3 is 10.4 Å². The van der Waals surface area contributed by atoms with Crippen LogP contribution in [0.1, 0.15) is 12.6 Å². The quantitative estimate of drug-likeness (QED) is 0.817. The Bertz CT molecular complexity index is 486. The van der Waals surface area contributed by atoms with Crippen molar-refractivity contribution in [2.24, 2.45) is 0 Å². The van der Waals surface area contributed by atoms with Crippen molar-refractivity contribution in [1.82, 2.24) is 9.88 Å². The van der Waals surface area contributed by atoms with Gasteiger partial charge in [-0.15, -0.1) is 11.3 Å². The number of nitrogens with one attached hydrogen (secondary N) is 1. The minimum absolute atomic E-state index is 0.188. The van der Waals surface area contributed by atoms with E-state index in [4.69, 9.17) is 5.11 Å². The number of aliphatic hydroxyl groups excluding tert-OH is 1. The van der Waals surface area contributed by atoms with Crippen molar-refractivity contribution in [3.63, 3.8) is 0 Å². The van der Waals surface area contributed by atoms with E-state index in [2.05, 4.69) is 27.5 Å². The van der Waals surface area contributed by atoms with Crippen LogP contribution >= 0.6 is 11.3 Å². The maximum Gasteiger partial charge on any atom is 0.187 e. The Morgan fingerprint density at radius 1 is 1.32 bits per heavy atom. The zero-order chi connectivity index (χ0) is 13.5. The molecule has 2 N–H and O–H groups in total. The molecule has 0 saturated carbocycles. The molecule has 1 aromatic heterocycles. The third kappa shape index (κ3) is 4.31. The monoisotopic (exact) mass is 277 g/mol. The van der Waals surface area contributed by atoms with E-state index in [9.17, 15) is 0 Å². The molecule has 5 heteroatoms. The average molecular weight is 277 g/mol. The molecule has 0 radical (unpaired) electrons. The van der Waals surface area contributed by atoms with E-state index in [1.807, 2.05) is 30.3 Å². The third-order valence-corrected chi connectivity index (χ3v) is 3.63. The van der Waals surface area contributed by atoms with Gasteiger partial charge in [-0.2, -0.15) is 0 Å². The summed E-state index contributed by atoms with van der Waals surface area (Å²) in [6.45, 7) is 4.66. The molecule has 0 fully saturated rings. The van der Waals surface area contributed by atoms with E-state index in [1.54, 1.807) is 11.3 Å². The van der Waals surface area contributed by atoms with Crippen molar-refractivity contribution in [3.05, 3.63) is 41.4 Å². The molecule has 0 bridgehead atoms. The number of nitrogens with zero attached hydrogens (tertiary/aromatic N) is 2. The van der Waals surface area contributed by atoms with Gasteiger partial charge in [0.05, 0.1) is 12.3 Å². The van der Waals surface area contributed by atoms with Gasteiger partial charge in [0.15, 0.2) is 5.13 Å². The minimum atomic E-state index is 0.188. The first-order chi connectivity index (χ1) is 9.31. The van der Waals surface area contributed by atoms with Crippen molar-refractivity contribution in [3.8, 4) is 0 Å². The van der Waals surface area contributed by atoms with Gasteiger partial charge in [0.1, 0.15) is 0 Å². The Balaban J connectivity index is 1.95. The molecular weight excluding hydrogens is 258 g/mol. The lowest BCUT2D eigenvalue weighted by Gasteiger charge is -2.17. The van der Waals surface area contributed by atoms with Crippen LogP contribution in [0.3, 0.4) is 0 Å². The second kappa shape index (κ2) is 7.23. The predicted octanol–water partition coefficient (Wildman–Crippen LogP) is 2.70. The second-order valence-corrected chi connectivity index (χ2v) is 5.09. The van der Waals surface area contributed by atoms with Gasteiger partial charge >= 0.3 is 0 Å². The first kappa shape index (κ1) is 14.0. The molecule has 4 nitrogen and oxygen atoms in total. The second-order valence-electron chi connectivity index (χ2n) is 4.23. The predicted molar refractivity (Wildman–Crippen MR) is 79.9 cm³/mol. The molecule has 0 saturated heterocycles. The van der Waals surface area contributed by atoms with Gasteiger partial charge in [-0.05, 0) is 18.7 Å². The van der Waals surface area contributed by atoms with Gasteiger partial charge in [0.25, 0.3) is 0 Å². The van der Waals surface area contributed by atoms with Crippen molar-refractivity contribution in [2.75, 3.05) is 25.0 Å². The Kier molecular flexibility index (Phi) is 5.32. The number of thiazole rings is 1. The van der Waals surface area contributed by atoms with Gasteiger partial charge in [0.2, 0.25) is 0 Å². The number of hydrogen-bond donors (Lipinski definition) is 2. The molecule has 19 heavy (non-hydrogen) atoms. The van der Waals surface area contributed by atoms with Crippen molar-refractivity contribution < 1.29 is 5.11 Å². The molecule has 102 valence electrons. The fourth-order valence-corrected chi connectivity index (χ4v) is 2.52. The highest BCUT2D eigenvalue weighted by Crippen LogP contribution is 2.21. The van der Waals surface area contributed by atoms with Gasteiger partial charge in [-0.1, -0.05) is 25.1 Å². The van der Waals surface area contributed by atoms with Crippen LogP contribution < -0.4 is 5.32 Å². The fourth-order valence-electron chi connectivity index (χ4n) is 1.80. The summed E-state index contributed by atoms with van der Waals surface area (Å²) < 4.78 is 0. The van der Waals surface area contributed by atoms with Crippen LogP contribution in [0.15, 0.2) is 35.7 Å². The van der Waals surface area contributed by atoms with Gasteiger partial charge in [-0.25, -0.2) is 4.98 Å². The summed E-state index contributed by atoms with van der Waals surface area (Å²) in [5.41, 5.74) is 2.09. The molecular formula is C14H19N3OS. The van der Waals surface area contributed by atoms with Crippen LogP contribution in [0.4, 0.5) is 10.8 Å². The van der Waals surface area contributed by atoms with Crippen LogP contribution in [0.25, 0.3) is 0 Å². The van der Waals surface area contributed by atoms with E-state index < -0.39 is 0 Å². The first-order valence-corrected chi connectivity index (χ1v) is 7.29. The number of hydrogen-bond acceptors (Lipinski definition) is 5. The zero-order valence-electron chi connectivity index (χ0n) is 11.0. The summed E-state index contributed by atoms with van der Waals surface area (Å²) in [6, 6.07) is 10.0. The molecule has 0 spiro atoms. The van der Waals surface area contributed by atoms with Crippen LogP contribution in [0, 0.1) is 0 Å². The Morgan fingerprint density at radius 2 is 2.11 bits per heavy atom. The zero-order valence-corrected chi connectivity index (χ0v) is 11.9. The molecule has 0 aliphatic heterocycles. The molecule has 0 amide bonds. The van der Waals surface area contributed by atoms with Crippen LogP contribution in [0.2, 0.25) is 0 Å². The Labute approximate surface area is 117 Å². The lowest BCUT2D eigenvalue weighted by atomic mass is 10.3. The number of para-hydroxylation sites is 1. The topological polar surface area (TPSA) is 48.4 Å². The van der Waals surface area contributed by atoms with Crippen molar-refractivity contribution in [1.29, 1.82) is 0 Å². The minimum Gasteiger partial charge on any atom is -0.395 e. The lowest BCUT2D eigenvalue weighted by Crippen LogP contribution is -2.26. The summed E-state index contributed by atoms with van der Waals surface area (Å²) >= 11 is 1.60. The fraction of sp³-hybridized carbons (Fsp3) is 0.357. The van der Waals surface area contributed by atoms with E-state index >= 15 is 0 Å².